The number of nitrogens with one attached hydrogen (secondary N) is 1. The zero-order valence-corrected chi connectivity index (χ0v) is 8.62. The minimum atomic E-state index is -0.467. The topological polar surface area (TPSA) is 49.4 Å². The van der Waals surface area contributed by atoms with E-state index >= 15 is 0 Å². The molecule has 1 aliphatic rings. The van der Waals surface area contributed by atoms with Crippen LogP contribution in [-0.4, -0.2) is 36.9 Å². The first-order chi connectivity index (χ1) is 6.66. The Labute approximate surface area is 84.0 Å². The van der Waals surface area contributed by atoms with Crippen LogP contribution in [0.15, 0.2) is 12.2 Å². The van der Waals surface area contributed by atoms with E-state index in [2.05, 4.69) is 5.32 Å². The Kier molecular flexibility index (Phi) is 3.68. The van der Waals surface area contributed by atoms with Gasteiger partial charge in [-0.2, -0.15) is 0 Å². The molecule has 1 rings (SSSR count). The summed E-state index contributed by atoms with van der Waals surface area (Å²) in [5.41, 5.74) is 0. The summed E-state index contributed by atoms with van der Waals surface area (Å²) in [6, 6.07) is 0. The molecule has 0 aromatic heterocycles. The number of carbonyl (C=O) groups excluding carboxylic acids is 2. The maximum Gasteiger partial charge on any atom is 0.234 e. The van der Waals surface area contributed by atoms with E-state index < -0.39 is 5.92 Å². The lowest BCUT2D eigenvalue weighted by atomic mass is 10.1. The highest BCUT2D eigenvalue weighted by Crippen LogP contribution is 2.15. The van der Waals surface area contributed by atoms with Gasteiger partial charge in [0.05, 0.1) is 0 Å². The van der Waals surface area contributed by atoms with Crippen molar-refractivity contribution in [3.63, 3.8) is 0 Å². The minimum absolute atomic E-state index is 0.0667. The fraction of sp³-hybridized carbons (Fsp3) is 0.600. The van der Waals surface area contributed by atoms with Crippen LogP contribution in [0, 0.1) is 5.92 Å². The van der Waals surface area contributed by atoms with Gasteiger partial charge in [-0.1, -0.05) is 12.2 Å². The van der Waals surface area contributed by atoms with E-state index in [0.29, 0.717) is 19.5 Å². The summed E-state index contributed by atoms with van der Waals surface area (Å²) in [5.74, 6) is -0.689. The van der Waals surface area contributed by atoms with Crippen molar-refractivity contribution in [3.05, 3.63) is 12.2 Å². The van der Waals surface area contributed by atoms with Crippen LogP contribution in [0.3, 0.4) is 0 Å². The van der Waals surface area contributed by atoms with Gasteiger partial charge >= 0.3 is 0 Å². The molecule has 1 N–H and O–H groups in total. The van der Waals surface area contributed by atoms with Crippen LogP contribution in [-0.2, 0) is 9.59 Å². The molecule has 0 spiro atoms. The molecule has 0 bridgehead atoms. The molecule has 1 unspecified atom stereocenters. The van der Waals surface area contributed by atoms with Gasteiger partial charge in [-0.3, -0.25) is 9.59 Å². The van der Waals surface area contributed by atoms with E-state index in [-0.39, 0.29) is 11.8 Å². The Morgan fingerprint density at radius 3 is 2.93 bits per heavy atom. The van der Waals surface area contributed by atoms with Gasteiger partial charge in [-0.15, -0.1) is 0 Å². The molecule has 0 saturated carbocycles. The normalized spacial score (nSPS) is 22.0. The Morgan fingerprint density at radius 1 is 1.71 bits per heavy atom. The molecule has 0 aliphatic carbocycles. The van der Waals surface area contributed by atoms with Gasteiger partial charge in [0.2, 0.25) is 11.8 Å². The van der Waals surface area contributed by atoms with Gasteiger partial charge in [0, 0.05) is 20.1 Å². The van der Waals surface area contributed by atoms with E-state index in [1.54, 1.807) is 11.9 Å². The molecule has 1 heterocycles. The number of hydrogen-bond donors (Lipinski definition) is 1. The van der Waals surface area contributed by atoms with Gasteiger partial charge in [0.1, 0.15) is 5.92 Å². The molecule has 1 atom stereocenters. The lowest BCUT2D eigenvalue weighted by Gasteiger charge is -2.09. The van der Waals surface area contributed by atoms with Crippen LogP contribution in [0.4, 0.5) is 0 Å². The van der Waals surface area contributed by atoms with Gasteiger partial charge in [-0.05, 0) is 13.3 Å². The standard InChI is InChI=1S/C10H16N2O2/c1-3-4-6-11-9(13)8-5-7-12(2)10(8)14/h3-4,8H,5-7H2,1-2H3,(H,11,13)/b4-3+. The third kappa shape index (κ3) is 2.34. The van der Waals surface area contributed by atoms with Crippen LogP contribution in [0.5, 0.6) is 0 Å². The molecular weight excluding hydrogens is 180 g/mol. The van der Waals surface area contributed by atoms with E-state index in [1.165, 1.54) is 0 Å². The third-order valence-corrected chi connectivity index (χ3v) is 2.37. The second kappa shape index (κ2) is 4.79. The Hall–Kier alpha value is -1.32. The number of amides is 2. The summed E-state index contributed by atoms with van der Waals surface area (Å²) in [6.45, 7) is 3.07. The van der Waals surface area contributed by atoms with Crippen molar-refractivity contribution in [2.24, 2.45) is 5.92 Å². The predicted octanol–water partition coefficient (Wildman–Crippen LogP) is 0.157. The number of likely N-dealkylation sites (tertiary alicyclic amines) is 1. The average Bonchev–Trinajstić information content (AvgIpc) is 2.48. The maximum absolute atomic E-state index is 11.5. The van der Waals surface area contributed by atoms with Crippen LogP contribution in [0.1, 0.15) is 13.3 Å². The molecule has 2 amide bonds. The second-order valence-electron chi connectivity index (χ2n) is 3.42. The highest BCUT2D eigenvalue weighted by molar-refractivity contribution is 6.01. The van der Waals surface area contributed by atoms with Crippen molar-refractivity contribution < 1.29 is 9.59 Å². The molecule has 0 aromatic rings. The predicted molar refractivity (Wildman–Crippen MR) is 53.6 cm³/mol. The van der Waals surface area contributed by atoms with Crippen molar-refractivity contribution in [1.82, 2.24) is 10.2 Å². The van der Waals surface area contributed by atoms with Crippen LogP contribution >= 0.6 is 0 Å². The van der Waals surface area contributed by atoms with Gasteiger partial charge in [-0.25, -0.2) is 0 Å². The molecule has 0 radical (unpaired) electrons. The lowest BCUT2D eigenvalue weighted by Crippen LogP contribution is -2.35. The van der Waals surface area contributed by atoms with E-state index in [9.17, 15) is 9.59 Å². The zero-order valence-electron chi connectivity index (χ0n) is 8.62. The first-order valence-corrected chi connectivity index (χ1v) is 4.80. The van der Waals surface area contributed by atoms with Gasteiger partial charge < -0.3 is 10.2 Å². The second-order valence-corrected chi connectivity index (χ2v) is 3.42. The highest BCUT2D eigenvalue weighted by Gasteiger charge is 2.34. The first kappa shape index (κ1) is 10.8. The summed E-state index contributed by atoms with van der Waals surface area (Å²) in [5, 5.41) is 2.70. The lowest BCUT2D eigenvalue weighted by molar-refractivity contribution is -0.136. The maximum atomic E-state index is 11.5. The number of allylic oxidation sites excluding steroid dienone is 1. The fourth-order valence-corrected chi connectivity index (χ4v) is 1.47. The number of rotatable bonds is 3. The number of hydrogen-bond acceptors (Lipinski definition) is 2. The molecule has 78 valence electrons. The van der Waals surface area contributed by atoms with Crippen molar-refractivity contribution in [1.29, 1.82) is 0 Å². The molecule has 4 heteroatoms. The number of nitrogens with zero attached hydrogens (tertiary/aromatic N) is 1. The van der Waals surface area contributed by atoms with Crippen molar-refractivity contribution >= 4 is 11.8 Å². The minimum Gasteiger partial charge on any atom is -0.352 e. The molecule has 14 heavy (non-hydrogen) atoms. The van der Waals surface area contributed by atoms with Crippen LogP contribution < -0.4 is 5.32 Å². The van der Waals surface area contributed by atoms with Gasteiger partial charge in [0.15, 0.2) is 0 Å². The van der Waals surface area contributed by atoms with E-state index in [0.717, 1.165) is 0 Å². The zero-order chi connectivity index (χ0) is 10.6. The van der Waals surface area contributed by atoms with Crippen molar-refractivity contribution in [2.75, 3.05) is 20.1 Å². The third-order valence-electron chi connectivity index (χ3n) is 2.37. The summed E-state index contributed by atoms with van der Waals surface area (Å²) in [4.78, 5) is 24.5. The summed E-state index contributed by atoms with van der Waals surface area (Å²) in [6.07, 6.45) is 4.35. The fourth-order valence-electron chi connectivity index (χ4n) is 1.47. The van der Waals surface area contributed by atoms with Crippen molar-refractivity contribution in [2.45, 2.75) is 13.3 Å². The van der Waals surface area contributed by atoms with Crippen molar-refractivity contribution in [3.8, 4) is 0 Å². The monoisotopic (exact) mass is 196 g/mol. The van der Waals surface area contributed by atoms with Gasteiger partial charge in [0.25, 0.3) is 0 Å². The molecular formula is C10H16N2O2. The number of carbonyl (C=O) groups is 2. The smallest absolute Gasteiger partial charge is 0.234 e. The SMILES string of the molecule is C/C=C/CNC(=O)C1CCN(C)C1=O. The average molecular weight is 196 g/mol. The van der Waals surface area contributed by atoms with E-state index in [4.69, 9.17) is 0 Å². The van der Waals surface area contributed by atoms with Crippen LogP contribution in [0.25, 0.3) is 0 Å². The first-order valence-electron chi connectivity index (χ1n) is 4.80. The Balaban J connectivity index is 2.42. The Morgan fingerprint density at radius 2 is 2.43 bits per heavy atom. The molecule has 1 fully saturated rings. The highest BCUT2D eigenvalue weighted by atomic mass is 16.2. The quantitative estimate of drug-likeness (QED) is 0.516. The summed E-state index contributed by atoms with van der Waals surface area (Å²) >= 11 is 0. The molecule has 0 aromatic carbocycles. The molecule has 4 nitrogen and oxygen atoms in total. The largest absolute Gasteiger partial charge is 0.352 e. The summed E-state index contributed by atoms with van der Waals surface area (Å²) in [7, 11) is 1.72. The molecule has 1 aliphatic heterocycles. The summed E-state index contributed by atoms with van der Waals surface area (Å²) < 4.78 is 0. The molecule has 1 saturated heterocycles. The van der Waals surface area contributed by atoms with E-state index in [1.807, 2.05) is 19.1 Å². The Bertz CT molecular complexity index is 261. The van der Waals surface area contributed by atoms with Crippen LogP contribution in [0.2, 0.25) is 0 Å².